The third-order valence-electron chi connectivity index (χ3n) is 11.6. The minimum absolute atomic E-state index is 0.0308. The number of furan rings is 1. The fourth-order valence-corrected chi connectivity index (χ4v) is 11.4. The monoisotopic (exact) mass is 972 g/mol. The van der Waals surface area contributed by atoms with E-state index in [1.807, 2.05) is 58.3 Å². The maximum absolute atomic E-state index is 13.7. The fraction of sp³-hybridized carbons (Fsp3) is 0.383. The number of rotatable bonds is 13. The van der Waals surface area contributed by atoms with Gasteiger partial charge in [0, 0.05) is 29.7 Å². The van der Waals surface area contributed by atoms with Crippen molar-refractivity contribution in [2.24, 2.45) is 4.99 Å². The zero-order chi connectivity index (χ0) is 48.3. The first-order valence-electron chi connectivity index (χ1n) is 22.0. The molecule has 67 heavy (non-hydrogen) atoms. The van der Waals surface area contributed by atoms with Gasteiger partial charge in [0.2, 0.25) is 50.9 Å². The number of aliphatic imine (C=N–C) groups is 1. The Balaban J connectivity index is 0.000000203. The summed E-state index contributed by atoms with van der Waals surface area (Å²) in [6.45, 7) is 12.9. The number of aromatic nitrogens is 2. The smallest absolute Gasteiger partial charge is 0.247 e. The van der Waals surface area contributed by atoms with Crippen LogP contribution in [-0.2, 0) is 48.1 Å². The molecule has 3 aliphatic heterocycles. The number of halogens is 2. The van der Waals surface area contributed by atoms with Gasteiger partial charge >= 0.3 is 0 Å². The largest absolute Gasteiger partial charge is 0.458 e. The van der Waals surface area contributed by atoms with Gasteiger partial charge in [-0.1, -0.05) is 50.5 Å². The summed E-state index contributed by atoms with van der Waals surface area (Å²) in [5.41, 5.74) is 3.64. The lowest BCUT2D eigenvalue weighted by atomic mass is 9.75. The summed E-state index contributed by atoms with van der Waals surface area (Å²) in [6, 6.07) is 20.3. The Morgan fingerprint density at radius 2 is 1.45 bits per heavy atom. The average Bonchev–Trinajstić information content (AvgIpc) is 4.16. The van der Waals surface area contributed by atoms with E-state index in [1.54, 1.807) is 17.0 Å². The molecule has 2 atom stereocenters. The third-order valence-corrected chi connectivity index (χ3v) is 15.7. The zero-order valence-electron chi connectivity index (χ0n) is 38.1. The molecular weight excluding hydrogens is 920 g/mol. The van der Waals surface area contributed by atoms with E-state index >= 15 is 0 Å². The number of nitrogens with zero attached hydrogens (tertiary/aromatic N) is 6. The van der Waals surface area contributed by atoms with Crippen LogP contribution in [0.1, 0.15) is 90.2 Å². The van der Waals surface area contributed by atoms with Crippen LogP contribution in [0.15, 0.2) is 115 Å². The summed E-state index contributed by atoms with van der Waals surface area (Å²) in [6.07, 6.45) is 2.05. The van der Waals surface area contributed by atoms with Gasteiger partial charge in [-0.05, 0) is 136 Å². The van der Waals surface area contributed by atoms with Crippen molar-refractivity contribution in [3.63, 3.8) is 0 Å². The van der Waals surface area contributed by atoms with Crippen molar-refractivity contribution >= 4 is 62.0 Å². The first kappa shape index (κ1) is 49.4. The molecule has 353 valence electrons. The van der Waals surface area contributed by atoms with E-state index in [1.165, 1.54) is 50.6 Å². The Kier molecular flexibility index (Phi) is 15.1. The lowest BCUT2D eigenvalue weighted by molar-refractivity contribution is -0.137. The summed E-state index contributed by atoms with van der Waals surface area (Å²) in [5, 5.41) is 11.5. The van der Waals surface area contributed by atoms with Gasteiger partial charge in [0.25, 0.3) is 0 Å². The Bertz CT molecular complexity index is 2860. The van der Waals surface area contributed by atoms with Crippen LogP contribution in [0, 0.1) is 5.82 Å². The van der Waals surface area contributed by atoms with Crippen LogP contribution in [-0.4, -0.2) is 96.5 Å². The molecule has 0 saturated carbocycles. The second-order valence-corrected chi connectivity index (χ2v) is 22.0. The van der Waals surface area contributed by atoms with Crippen LogP contribution in [0.2, 0.25) is 5.02 Å². The maximum Gasteiger partial charge on any atom is 0.247 e. The maximum atomic E-state index is 13.7. The summed E-state index contributed by atoms with van der Waals surface area (Å²) >= 11 is 5.93. The van der Waals surface area contributed by atoms with E-state index in [4.69, 9.17) is 20.4 Å². The van der Waals surface area contributed by atoms with Crippen molar-refractivity contribution in [2.45, 2.75) is 114 Å². The zero-order valence-corrected chi connectivity index (χ0v) is 40.5. The van der Waals surface area contributed by atoms with E-state index in [0.29, 0.717) is 54.0 Å². The lowest BCUT2D eigenvalue weighted by Crippen LogP contribution is -2.49. The molecule has 1 radical (unpaired) electrons. The average molecular weight is 973 g/mol. The van der Waals surface area contributed by atoms with Crippen molar-refractivity contribution in [2.75, 3.05) is 13.1 Å². The highest BCUT2D eigenvalue weighted by Crippen LogP contribution is 2.31. The molecule has 2 unspecified atom stereocenters. The molecule has 8 rings (SSSR count). The number of benzene rings is 3. The summed E-state index contributed by atoms with van der Waals surface area (Å²) in [7, 11) is -5.86. The van der Waals surface area contributed by atoms with Crippen LogP contribution >= 0.6 is 11.6 Å². The molecule has 5 aromatic rings. The normalized spacial score (nSPS) is 18.0. The van der Waals surface area contributed by atoms with Crippen molar-refractivity contribution in [1.82, 2.24) is 29.0 Å². The molecule has 0 aliphatic carbocycles. The van der Waals surface area contributed by atoms with E-state index in [2.05, 4.69) is 41.3 Å². The molecule has 2 aromatic heterocycles. The first-order valence-corrected chi connectivity index (χ1v) is 25.2. The second-order valence-electron chi connectivity index (χ2n) is 17.8. The highest BCUT2D eigenvalue weighted by Gasteiger charge is 2.42. The van der Waals surface area contributed by atoms with Gasteiger partial charge in [-0.25, -0.2) is 21.2 Å². The Morgan fingerprint density at radius 3 is 2.03 bits per heavy atom. The minimum Gasteiger partial charge on any atom is -0.458 e. The molecule has 0 spiro atoms. The van der Waals surface area contributed by atoms with Gasteiger partial charge in [0.1, 0.15) is 23.7 Å². The fourth-order valence-electron chi connectivity index (χ4n) is 7.95. The number of carbonyl (C=O) groups excluding carboxylic acids is 2. The second kappa shape index (κ2) is 20.4. The number of sulfonamides is 2. The number of carbonyl (C=O) groups is 2. The molecule has 3 aliphatic rings. The predicted molar refractivity (Wildman–Crippen MR) is 253 cm³/mol. The molecule has 20 heteroatoms. The van der Waals surface area contributed by atoms with Crippen LogP contribution in [0.4, 0.5) is 4.39 Å². The summed E-state index contributed by atoms with van der Waals surface area (Å²) in [4.78, 5) is 32.4. The van der Waals surface area contributed by atoms with Gasteiger partial charge < -0.3 is 19.1 Å². The van der Waals surface area contributed by atoms with E-state index in [9.17, 15) is 30.8 Å². The van der Waals surface area contributed by atoms with Crippen LogP contribution < -0.4 is 5.32 Å². The van der Waals surface area contributed by atoms with E-state index in [-0.39, 0.29) is 53.3 Å². The van der Waals surface area contributed by atoms with Crippen LogP contribution in [0.5, 0.6) is 0 Å². The number of nitrogens with one attached hydrogen (secondary N) is 1. The Hall–Kier alpha value is -5.47. The molecule has 15 nitrogen and oxygen atoms in total. The molecule has 2 amide bonds. The van der Waals surface area contributed by atoms with Crippen molar-refractivity contribution in [3.05, 3.63) is 125 Å². The first-order chi connectivity index (χ1) is 31.7. The lowest BCUT2D eigenvalue weighted by Gasteiger charge is -2.31. The molecule has 5 heterocycles. The van der Waals surface area contributed by atoms with Crippen LogP contribution in [0.3, 0.4) is 0 Å². The molecule has 1 N–H and O–H groups in total. The third kappa shape index (κ3) is 11.5. The van der Waals surface area contributed by atoms with Gasteiger partial charge in [-0.3, -0.25) is 14.6 Å². The quantitative estimate of drug-likeness (QED) is 0.115. The van der Waals surface area contributed by atoms with Crippen molar-refractivity contribution in [3.8, 4) is 11.5 Å². The van der Waals surface area contributed by atoms with Gasteiger partial charge in [-0.15, -0.1) is 10.2 Å². The van der Waals surface area contributed by atoms with Gasteiger partial charge in [0.15, 0.2) is 5.76 Å². The van der Waals surface area contributed by atoms with E-state index < -0.39 is 43.9 Å². The minimum atomic E-state index is -3.89. The number of amides is 2. The number of hydrogen-bond donors (Lipinski definition) is 1. The van der Waals surface area contributed by atoms with Crippen molar-refractivity contribution in [1.29, 1.82) is 0 Å². The molecule has 3 aromatic carbocycles. The molecule has 2 fully saturated rings. The van der Waals surface area contributed by atoms with Gasteiger partial charge in [0.05, 0.1) is 28.6 Å². The summed E-state index contributed by atoms with van der Waals surface area (Å²) < 4.78 is 79.7. The Labute approximate surface area is 396 Å². The topological polar surface area (TPSA) is 189 Å². The predicted octanol–water partition coefficient (Wildman–Crippen LogP) is 7.60. The van der Waals surface area contributed by atoms with Crippen molar-refractivity contribution < 1.29 is 39.6 Å². The highest BCUT2D eigenvalue weighted by molar-refractivity contribution is 7.89. The van der Waals surface area contributed by atoms with Gasteiger partial charge in [-0.2, -0.15) is 8.61 Å². The highest BCUT2D eigenvalue weighted by atomic mass is 35.5. The van der Waals surface area contributed by atoms with Crippen LogP contribution in [0.25, 0.3) is 17.2 Å². The SMILES string of the molecule is CC(C)N(Cc1nnc(-c2ccc(C(C)(C)C)cc2)o1)C(=O)C1CCCN1S(=O)(=O)c1ccc(Cl)cc1.CC1=NC(c2ccc(CNC(=O)C3CCCN3S(=O)(=O)c3ccc(F)cc3)o2)=C[B]1. The standard InChI is InChI=1S/C27H33ClN4O4S.C20H20BFN3O4S/c1-18(2)31(17-24-29-30-25(36-24)19-8-10-20(11-9-19)27(3,4)5)26(33)23-7-6-16-32(23)37(34,35)22-14-12-21(28)13-15-22;1-13-21-11-17(24-13)19-9-6-15(29-19)12-23-20(26)18-3-2-10-25(18)30(27,28)16-7-4-14(22)5-8-16/h8-15,18,23H,6-7,16-17H2,1-5H3;4-9,11,18H,2-3,10,12H2,1H3,(H,23,26). The molecule has 2 saturated heterocycles. The number of hydrogen-bond acceptors (Lipinski definition) is 11. The van der Waals surface area contributed by atoms with E-state index in [0.717, 1.165) is 29.0 Å². The summed E-state index contributed by atoms with van der Waals surface area (Å²) in [5.74, 6) is 2.49. The molecular formula is C47H53BClFN7O8S2. The molecule has 0 bridgehead atoms. The Morgan fingerprint density at radius 1 is 0.851 bits per heavy atom.